The van der Waals surface area contributed by atoms with Gasteiger partial charge in [-0.3, -0.25) is 0 Å². The van der Waals surface area contributed by atoms with Crippen LogP contribution in [0.1, 0.15) is 76.3 Å². The summed E-state index contributed by atoms with van der Waals surface area (Å²) in [7, 11) is -0.426. The number of benzene rings is 1. The van der Waals surface area contributed by atoms with E-state index in [4.69, 9.17) is 18.6 Å². The van der Waals surface area contributed by atoms with Crippen molar-refractivity contribution in [2.24, 2.45) is 0 Å². The van der Waals surface area contributed by atoms with Gasteiger partial charge in [-0.05, 0) is 47.7 Å². The molecule has 2 heterocycles. The van der Waals surface area contributed by atoms with Crippen molar-refractivity contribution in [1.82, 2.24) is 0 Å². The van der Waals surface area contributed by atoms with Crippen LogP contribution in [-0.2, 0) is 31.5 Å². The maximum absolute atomic E-state index is 5.89. The Kier molecular flexibility index (Phi) is 9.39. The predicted molar refractivity (Wildman–Crippen MR) is 117 cm³/mol. The number of hydrogen-bond donors (Lipinski definition) is 0. The van der Waals surface area contributed by atoms with Crippen molar-refractivity contribution in [3.05, 3.63) is 23.3 Å². The van der Waals surface area contributed by atoms with Crippen LogP contribution in [0.2, 0.25) is 0 Å². The number of unbranched alkanes of at least 4 members (excludes halogenated alkanes) is 6. The van der Waals surface area contributed by atoms with Gasteiger partial charge < -0.3 is 18.6 Å². The summed E-state index contributed by atoms with van der Waals surface area (Å²) < 4.78 is 23.5. The molecular weight excluding hydrogens is 350 g/mol. The van der Waals surface area contributed by atoms with E-state index in [0.29, 0.717) is 26.4 Å². The summed E-state index contributed by atoms with van der Waals surface area (Å²) in [5, 5.41) is 0. The van der Waals surface area contributed by atoms with Crippen LogP contribution in [0.5, 0.6) is 0 Å². The van der Waals surface area contributed by atoms with E-state index in [-0.39, 0.29) is 14.2 Å². The second-order valence-electron chi connectivity index (χ2n) is 8.02. The minimum absolute atomic E-state index is 0.213. The molecule has 2 aliphatic heterocycles. The topological polar surface area (TPSA) is 36.9 Å². The third kappa shape index (κ3) is 6.09. The van der Waals surface area contributed by atoms with Crippen molar-refractivity contribution < 1.29 is 18.6 Å². The Morgan fingerprint density at radius 1 is 0.607 bits per heavy atom. The quantitative estimate of drug-likeness (QED) is 0.408. The Hall–Kier alpha value is -0.810. The average molecular weight is 386 g/mol. The monoisotopic (exact) mass is 386 g/mol. The van der Waals surface area contributed by atoms with Crippen LogP contribution in [0.25, 0.3) is 0 Å². The smallest absolute Gasteiger partial charge is 0.405 e. The second-order valence-corrected chi connectivity index (χ2v) is 8.02. The van der Waals surface area contributed by atoms with Gasteiger partial charge in [-0.15, -0.1) is 0 Å². The molecule has 28 heavy (non-hydrogen) atoms. The number of rotatable bonds is 12. The maximum atomic E-state index is 5.89. The fourth-order valence-electron chi connectivity index (χ4n) is 4.16. The van der Waals surface area contributed by atoms with Crippen molar-refractivity contribution in [2.45, 2.75) is 78.1 Å². The van der Waals surface area contributed by atoms with E-state index in [2.05, 4.69) is 26.0 Å². The Morgan fingerprint density at radius 2 is 1.00 bits per heavy atom. The summed E-state index contributed by atoms with van der Waals surface area (Å²) in [6, 6.07) is 4.66. The Balaban J connectivity index is 1.83. The Labute approximate surface area is 171 Å². The lowest BCUT2D eigenvalue weighted by Crippen LogP contribution is -2.41. The average Bonchev–Trinajstić information content (AvgIpc) is 3.43. The SMILES string of the molecule is CCCCCCc1cc(B2OCCO2)c(CCCCCC)cc1B1OCCO1. The van der Waals surface area contributed by atoms with Gasteiger partial charge in [-0.1, -0.05) is 64.5 Å². The highest BCUT2D eigenvalue weighted by molar-refractivity contribution is 6.64. The van der Waals surface area contributed by atoms with E-state index in [1.54, 1.807) is 0 Å². The molecule has 0 unspecified atom stereocenters. The first-order valence-corrected chi connectivity index (χ1v) is 11.5. The third-order valence-electron chi connectivity index (χ3n) is 5.75. The molecule has 0 radical (unpaired) electrons. The van der Waals surface area contributed by atoms with Gasteiger partial charge in [0.05, 0.1) is 26.4 Å². The third-order valence-corrected chi connectivity index (χ3v) is 5.75. The Morgan fingerprint density at radius 3 is 1.36 bits per heavy atom. The van der Waals surface area contributed by atoms with E-state index in [9.17, 15) is 0 Å². The minimum atomic E-state index is -0.213. The molecule has 1 aromatic rings. The molecule has 0 atom stereocenters. The molecular formula is C22H36B2O4. The van der Waals surface area contributed by atoms with Gasteiger partial charge in [0.2, 0.25) is 0 Å². The molecule has 0 bridgehead atoms. The van der Waals surface area contributed by atoms with Crippen LogP contribution in [0.3, 0.4) is 0 Å². The van der Waals surface area contributed by atoms with Crippen LogP contribution in [-0.4, -0.2) is 40.7 Å². The zero-order valence-corrected chi connectivity index (χ0v) is 17.8. The summed E-state index contributed by atoms with van der Waals surface area (Å²) >= 11 is 0. The van der Waals surface area contributed by atoms with Gasteiger partial charge in [0.25, 0.3) is 0 Å². The zero-order valence-electron chi connectivity index (χ0n) is 17.8. The fraction of sp³-hybridized carbons (Fsp3) is 0.727. The molecule has 1 aromatic carbocycles. The summed E-state index contributed by atoms with van der Waals surface area (Å²) in [6.45, 7) is 7.24. The molecule has 2 aliphatic rings. The van der Waals surface area contributed by atoms with Gasteiger partial charge >= 0.3 is 14.2 Å². The van der Waals surface area contributed by atoms with E-state index >= 15 is 0 Å². The van der Waals surface area contributed by atoms with Gasteiger partial charge in [0.15, 0.2) is 0 Å². The molecule has 0 aromatic heterocycles. The highest BCUT2D eigenvalue weighted by atomic mass is 16.6. The normalized spacial score (nSPS) is 17.1. The maximum Gasteiger partial charge on any atom is 0.494 e. The molecule has 0 spiro atoms. The summed E-state index contributed by atoms with van der Waals surface area (Å²) in [4.78, 5) is 0. The molecule has 3 rings (SSSR count). The van der Waals surface area contributed by atoms with Gasteiger partial charge in [0, 0.05) is 0 Å². The molecule has 2 saturated heterocycles. The van der Waals surface area contributed by atoms with Crippen LogP contribution in [0, 0.1) is 0 Å². The van der Waals surface area contributed by atoms with Gasteiger partial charge in [0.1, 0.15) is 0 Å². The molecule has 0 N–H and O–H groups in total. The van der Waals surface area contributed by atoms with Gasteiger partial charge in [-0.2, -0.15) is 0 Å². The highest BCUT2D eigenvalue weighted by Crippen LogP contribution is 2.15. The number of hydrogen-bond acceptors (Lipinski definition) is 4. The first-order chi connectivity index (χ1) is 13.8. The molecule has 0 amide bonds. The van der Waals surface area contributed by atoms with Crippen LogP contribution in [0.15, 0.2) is 12.1 Å². The van der Waals surface area contributed by atoms with E-state index < -0.39 is 0 Å². The lowest BCUT2D eigenvalue weighted by atomic mass is 9.67. The molecule has 6 heteroatoms. The lowest BCUT2D eigenvalue weighted by Gasteiger charge is -2.19. The summed E-state index contributed by atoms with van der Waals surface area (Å²) in [6.07, 6.45) is 12.2. The largest absolute Gasteiger partial charge is 0.494 e. The van der Waals surface area contributed by atoms with Crippen LogP contribution >= 0.6 is 0 Å². The first kappa shape index (κ1) is 21.9. The summed E-state index contributed by atoms with van der Waals surface area (Å²) in [5.41, 5.74) is 5.13. The van der Waals surface area contributed by atoms with Crippen molar-refractivity contribution in [2.75, 3.05) is 26.4 Å². The highest BCUT2D eigenvalue weighted by Gasteiger charge is 2.33. The van der Waals surface area contributed by atoms with Crippen molar-refractivity contribution >= 4 is 25.2 Å². The second kappa shape index (κ2) is 12.0. The fourth-order valence-corrected chi connectivity index (χ4v) is 4.16. The molecule has 0 aliphatic carbocycles. The van der Waals surface area contributed by atoms with E-state index in [0.717, 1.165) is 12.8 Å². The van der Waals surface area contributed by atoms with E-state index in [1.807, 2.05) is 0 Å². The first-order valence-electron chi connectivity index (χ1n) is 11.5. The van der Waals surface area contributed by atoms with Crippen molar-refractivity contribution in [1.29, 1.82) is 0 Å². The molecule has 4 nitrogen and oxygen atoms in total. The standard InChI is InChI=1S/C22H36B2O4/c1-3-5-7-9-11-19-17-22(24-27-15-16-28-24)20(12-10-8-6-4-2)18-21(19)23-25-13-14-26-23/h17-18H,3-16H2,1-2H3. The molecule has 0 saturated carbocycles. The lowest BCUT2D eigenvalue weighted by molar-refractivity contribution is 0.365. The Bertz CT molecular complexity index is 532. The van der Waals surface area contributed by atoms with Crippen molar-refractivity contribution in [3.63, 3.8) is 0 Å². The molecule has 2 fully saturated rings. The van der Waals surface area contributed by atoms with Crippen molar-refractivity contribution in [3.8, 4) is 0 Å². The van der Waals surface area contributed by atoms with Gasteiger partial charge in [-0.25, -0.2) is 0 Å². The number of aryl methyl sites for hydroxylation is 2. The summed E-state index contributed by atoms with van der Waals surface area (Å²) in [5.74, 6) is 0. The molecule has 154 valence electrons. The zero-order chi connectivity index (χ0) is 19.6. The minimum Gasteiger partial charge on any atom is -0.405 e. The van der Waals surface area contributed by atoms with Crippen LogP contribution in [0.4, 0.5) is 0 Å². The van der Waals surface area contributed by atoms with E-state index in [1.165, 1.54) is 73.4 Å². The predicted octanol–water partition coefficient (Wildman–Crippen LogP) is 3.42. The van der Waals surface area contributed by atoms with Crippen LogP contribution < -0.4 is 10.9 Å².